The third-order valence-electron chi connectivity index (χ3n) is 6.02. The summed E-state index contributed by atoms with van der Waals surface area (Å²) < 4.78 is 46.8. The number of hydrogen-bond donors (Lipinski definition) is 0. The van der Waals surface area contributed by atoms with E-state index in [-0.39, 0.29) is 23.9 Å². The number of carbonyl (C=O) groups is 1. The lowest BCUT2D eigenvalue weighted by molar-refractivity contribution is -0.131. The minimum Gasteiger partial charge on any atom is -0.495 e. The van der Waals surface area contributed by atoms with Gasteiger partial charge in [0.15, 0.2) is 0 Å². The number of nitrogens with zero attached hydrogens (tertiary/aromatic N) is 3. The van der Waals surface area contributed by atoms with E-state index >= 15 is 0 Å². The van der Waals surface area contributed by atoms with E-state index in [1.807, 2.05) is 24.3 Å². The summed E-state index contributed by atoms with van der Waals surface area (Å²) in [6, 6.07) is 21.4. The number of anilines is 1. The second kappa shape index (κ2) is 10.9. The minimum absolute atomic E-state index is 0.0373. The Kier molecular flexibility index (Phi) is 7.67. The van der Waals surface area contributed by atoms with E-state index in [1.165, 1.54) is 36.4 Å². The predicted octanol–water partition coefficient (Wildman–Crippen LogP) is 3.37. The number of rotatable bonds is 8. The fraction of sp³-hybridized carbons (Fsp3) is 0.269. The van der Waals surface area contributed by atoms with Gasteiger partial charge < -0.3 is 14.5 Å². The van der Waals surface area contributed by atoms with Gasteiger partial charge in [0.1, 0.15) is 11.6 Å². The number of halogens is 1. The van der Waals surface area contributed by atoms with Crippen molar-refractivity contribution in [3.8, 4) is 5.75 Å². The summed E-state index contributed by atoms with van der Waals surface area (Å²) in [5, 5.41) is 0. The van der Waals surface area contributed by atoms with E-state index in [0.29, 0.717) is 31.7 Å². The maximum atomic E-state index is 13.4. The molecule has 1 aliphatic rings. The van der Waals surface area contributed by atoms with Crippen LogP contribution in [0.5, 0.6) is 5.75 Å². The third-order valence-corrected chi connectivity index (χ3v) is 7.83. The minimum atomic E-state index is -3.94. The maximum Gasteiger partial charge on any atom is 0.243 e. The number of amides is 1. The monoisotopic (exact) mass is 497 g/mol. The van der Waals surface area contributed by atoms with Crippen molar-refractivity contribution in [3.63, 3.8) is 0 Å². The molecule has 0 N–H and O–H groups in total. The number of benzene rings is 3. The van der Waals surface area contributed by atoms with Crippen LogP contribution in [-0.4, -0.2) is 63.4 Å². The summed E-state index contributed by atoms with van der Waals surface area (Å²) in [6.07, 6.45) is 0. The predicted molar refractivity (Wildman–Crippen MR) is 132 cm³/mol. The summed E-state index contributed by atoms with van der Waals surface area (Å²) in [5.41, 5.74) is 1.56. The molecule has 0 aromatic heterocycles. The summed E-state index contributed by atoms with van der Waals surface area (Å²) in [4.78, 5) is 17.2. The highest BCUT2D eigenvalue weighted by Gasteiger charge is 2.30. The molecule has 0 saturated carbocycles. The molecule has 1 aliphatic heterocycles. The quantitative estimate of drug-likeness (QED) is 0.477. The van der Waals surface area contributed by atoms with Crippen LogP contribution in [0.15, 0.2) is 83.8 Å². The van der Waals surface area contributed by atoms with Crippen LogP contribution in [0.25, 0.3) is 0 Å². The van der Waals surface area contributed by atoms with Crippen LogP contribution < -0.4 is 9.64 Å². The van der Waals surface area contributed by atoms with Gasteiger partial charge in [-0.15, -0.1) is 0 Å². The zero-order chi connectivity index (χ0) is 24.8. The van der Waals surface area contributed by atoms with Gasteiger partial charge in [-0.25, -0.2) is 12.8 Å². The lowest BCUT2D eigenvalue weighted by Gasteiger charge is -2.37. The Morgan fingerprint density at radius 2 is 1.54 bits per heavy atom. The molecule has 1 fully saturated rings. The zero-order valence-corrected chi connectivity index (χ0v) is 20.3. The first-order chi connectivity index (χ1) is 16.9. The summed E-state index contributed by atoms with van der Waals surface area (Å²) in [7, 11) is -2.31. The Morgan fingerprint density at radius 1 is 0.914 bits per heavy atom. The fourth-order valence-corrected chi connectivity index (χ4v) is 5.50. The van der Waals surface area contributed by atoms with Gasteiger partial charge in [-0.2, -0.15) is 4.31 Å². The Hall–Kier alpha value is -3.43. The van der Waals surface area contributed by atoms with E-state index in [9.17, 15) is 17.6 Å². The molecule has 0 radical (unpaired) electrons. The number of sulfonamides is 1. The smallest absolute Gasteiger partial charge is 0.243 e. The Labute approximate surface area is 205 Å². The normalized spacial score (nSPS) is 14.3. The summed E-state index contributed by atoms with van der Waals surface area (Å²) in [6.45, 7) is 1.80. The summed E-state index contributed by atoms with van der Waals surface area (Å²) in [5.74, 6) is 0.0909. The number of methoxy groups -OCH3 is 1. The van der Waals surface area contributed by atoms with Gasteiger partial charge in [0.05, 0.1) is 24.2 Å². The third kappa shape index (κ3) is 5.80. The van der Waals surface area contributed by atoms with Crippen molar-refractivity contribution in [1.29, 1.82) is 0 Å². The average molecular weight is 498 g/mol. The number of carbonyl (C=O) groups excluding carboxylic acids is 1. The SMILES string of the molecule is COc1ccccc1N1CCN(C(=O)CN(Cc2ccc(F)cc2)S(=O)(=O)c2ccccc2)CC1. The molecule has 0 aliphatic carbocycles. The van der Waals surface area contributed by atoms with Gasteiger partial charge in [0, 0.05) is 32.7 Å². The second-order valence-corrected chi connectivity index (χ2v) is 10.2. The molecular formula is C26H28FN3O4S. The molecule has 0 unspecified atom stereocenters. The lowest BCUT2D eigenvalue weighted by Crippen LogP contribution is -2.51. The maximum absolute atomic E-state index is 13.4. The van der Waals surface area contributed by atoms with Gasteiger partial charge in [-0.05, 0) is 42.0 Å². The fourth-order valence-electron chi connectivity index (χ4n) is 4.10. The molecule has 184 valence electrons. The topological polar surface area (TPSA) is 70.2 Å². The molecule has 1 amide bonds. The van der Waals surface area contributed by atoms with Crippen molar-refractivity contribution in [3.05, 3.63) is 90.2 Å². The van der Waals surface area contributed by atoms with Crippen molar-refractivity contribution < 1.29 is 22.3 Å². The Morgan fingerprint density at radius 3 is 2.20 bits per heavy atom. The van der Waals surface area contributed by atoms with Crippen LogP contribution in [0.2, 0.25) is 0 Å². The number of para-hydroxylation sites is 2. The largest absolute Gasteiger partial charge is 0.495 e. The van der Waals surface area contributed by atoms with E-state index in [2.05, 4.69) is 4.90 Å². The van der Waals surface area contributed by atoms with Gasteiger partial charge >= 0.3 is 0 Å². The first kappa shape index (κ1) is 24.7. The van der Waals surface area contributed by atoms with Crippen LogP contribution in [-0.2, 0) is 21.4 Å². The van der Waals surface area contributed by atoms with Crippen molar-refractivity contribution in [2.24, 2.45) is 0 Å². The Bertz CT molecular complexity index is 1250. The van der Waals surface area contributed by atoms with Crippen LogP contribution in [0.1, 0.15) is 5.56 Å². The number of hydrogen-bond acceptors (Lipinski definition) is 5. The first-order valence-electron chi connectivity index (χ1n) is 11.3. The standard InChI is InChI=1S/C26H28FN3O4S/c1-34-25-10-6-5-9-24(25)28-15-17-29(18-16-28)26(31)20-30(19-21-11-13-22(27)14-12-21)35(32,33)23-7-3-2-4-8-23/h2-14H,15-20H2,1H3. The van der Waals surface area contributed by atoms with E-state index in [0.717, 1.165) is 15.7 Å². The molecule has 0 atom stereocenters. The molecular weight excluding hydrogens is 469 g/mol. The molecule has 3 aromatic rings. The molecule has 9 heteroatoms. The molecule has 4 rings (SSSR count). The Balaban J connectivity index is 1.49. The van der Waals surface area contributed by atoms with Crippen LogP contribution in [0.3, 0.4) is 0 Å². The molecule has 0 spiro atoms. The molecule has 35 heavy (non-hydrogen) atoms. The van der Waals surface area contributed by atoms with Crippen LogP contribution in [0, 0.1) is 5.82 Å². The van der Waals surface area contributed by atoms with Crippen LogP contribution in [0.4, 0.5) is 10.1 Å². The van der Waals surface area contributed by atoms with Gasteiger partial charge in [0.2, 0.25) is 15.9 Å². The van der Waals surface area contributed by atoms with E-state index < -0.39 is 15.8 Å². The van der Waals surface area contributed by atoms with Crippen LogP contribution >= 0.6 is 0 Å². The van der Waals surface area contributed by atoms with E-state index in [4.69, 9.17) is 4.74 Å². The zero-order valence-electron chi connectivity index (χ0n) is 19.5. The highest BCUT2D eigenvalue weighted by atomic mass is 32.2. The molecule has 0 bridgehead atoms. The average Bonchev–Trinajstić information content (AvgIpc) is 2.90. The summed E-state index contributed by atoms with van der Waals surface area (Å²) >= 11 is 0. The van der Waals surface area contributed by atoms with Gasteiger partial charge in [0.25, 0.3) is 0 Å². The highest BCUT2D eigenvalue weighted by Crippen LogP contribution is 2.28. The van der Waals surface area contributed by atoms with Gasteiger partial charge in [-0.3, -0.25) is 4.79 Å². The molecule has 7 nitrogen and oxygen atoms in total. The molecule has 1 saturated heterocycles. The van der Waals surface area contributed by atoms with E-state index in [1.54, 1.807) is 30.2 Å². The molecule has 3 aromatic carbocycles. The lowest BCUT2D eigenvalue weighted by atomic mass is 10.2. The van der Waals surface area contributed by atoms with Crippen molar-refractivity contribution >= 4 is 21.6 Å². The van der Waals surface area contributed by atoms with Crippen molar-refractivity contribution in [2.75, 3.05) is 44.7 Å². The highest BCUT2D eigenvalue weighted by molar-refractivity contribution is 7.89. The number of ether oxygens (including phenoxy) is 1. The number of piperazine rings is 1. The molecule has 1 heterocycles. The van der Waals surface area contributed by atoms with Gasteiger partial charge in [-0.1, -0.05) is 42.5 Å². The van der Waals surface area contributed by atoms with Crippen molar-refractivity contribution in [2.45, 2.75) is 11.4 Å². The first-order valence-corrected chi connectivity index (χ1v) is 12.8. The van der Waals surface area contributed by atoms with Crippen molar-refractivity contribution in [1.82, 2.24) is 9.21 Å². The second-order valence-electron chi connectivity index (χ2n) is 8.25.